The van der Waals surface area contributed by atoms with E-state index in [2.05, 4.69) is 5.32 Å². The predicted octanol–water partition coefficient (Wildman–Crippen LogP) is 0.752. The van der Waals surface area contributed by atoms with Crippen LogP contribution in [0.25, 0.3) is 0 Å². The molecule has 2 saturated heterocycles. The van der Waals surface area contributed by atoms with Crippen molar-refractivity contribution in [3.8, 4) is 0 Å². The van der Waals surface area contributed by atoms with E-state index in [1.54, 1.807) is 16.7 Å². The summed E-state index contributed by atoms with van der Waals surface area (Å²) < 4.78 is 0. The van der Waals surface area contributed by atoms with Crippen molar-refractivity contribution in [3.63, 3.8) is 0 Å². The highest BCUT2D eigenvalue weighted by molar-refractivity contribution is 7.99. The molecule has 1 atom stereocenters. The second kappa shape index (κ2) is 4.53. The van der Waals surface area contributed by atoms with Gasteiger partial charge in [-0.3, -0.25) is 0 Å². The van der Waals surface area contributed by atoms with Gasteiger partial charge in [0.15, 0.2) is 0 Å². The molecule has 2 N–H and O–H groups in total. The van der Waals surface area contributed by atoms with E-state index in [4.69, 9.17) is 0 Å². The lowest BCUT2D eigenvalue weighted by molar-refractivity contribution is -0.143. The Morgan fingerprint density at radius 3 is 2.50 bits per heavy atom. The minimum atomic E-state index is -1.04. The molecular weight excluding hydrogens is 228 g/mol. The molecule has 0 bridgehead atoms. The van der Waals surface area contributed by atoms with E-state index in [9.17, 15) is 14.7 Å². The van der Waals surface area contributed by atoms with E-state index >= 15 is 0 Å². The normalized spacial score (nSPS) is 29.4. The van der Waals surface area contributed by atoms with Gasteiger partial charge in [0, 0.05) is 18.8 Å². The molecule has 2 fully saturated rings. The molecule has 2 aliphatic rings. The first kappa shape index (κ1) is 11.6. The fraction of sp³-hybridized carbons (Fsp3) is 0.800. The average Bonchev–Trinajstić information content (AvgIpc) is 2.88. The molecule has 2 heterocycles. The zero-order valence-electron chi connectivity index (χ0n) is 9.07. The van der Waals surface area contributed by atoms with Crippen LogP contribution in [0.15, 0.2) is 0 Å². The standard InChI is InChI=1S/C10H16N2O3S/c13-8(14)10(3-6-16-7-10)11-9(15)12-4-1-2-5-12/h1-7H2,(H,11,15)(H,13,14). The van der Waals surface area contributed by atoms with Crippen molar-refractivity contribution in [2.24, 2.45) is 0 Å². The Kier molecular flexibility index (Phi) is 3.28. The fourth-order valence-electron chi connectivity index (χ4n) is 2.09. The number of hydrogen-bond donors (Lipinski definition) is 2. The van der Waals surface area contributed by atoms with Gasteiger partial charge in [-0.05, 0) is 25.0 Å². The smallest absolute Gasteiger partial charge is 0.330 e. The Morgan fingerprint density at radius 1 is 1.31 bits per heavy atom. The van der Waals surface area contributed by atoms with Crippen LogP contribution in [0, 0.1) is 0 Å². The largest absolute Gasteiger partial charge is 0.479 e. The molecule has 0 spiro atoms. The van der Waals surface area contributed by atoms with Gasteiger partial charge in [0.2, 0.25) is 0 Å². The number of nitrogens with one attached hydrogen (secondary N) is 1. The summed E-state index contributed by atoms with van der Waals surface area (Å²) in [6.45, 7) is 1.49. The van der Waals surface area contributed by atoms with Crippen LogP contribution in [-0.2, 0) is 4.79 Å². The highest BCUT2D eigenvalue weighted by Gasteiger charge is 2.44. The average molecular weight is 244 g/mol. The van der Waals surface area contributed by atoms with Crippen molar-refractivity contribution in [1.29, 1.82) is 0 Å². The van der Waals surface area contributed by atoms with Crippen LogP contribution in [0.4, 0.5) is 4.79 Å². The highest BCUT2D eigenvalue weighted by Crippen LogP contribution is 2.28. The molecule has 1 unspecified atom stereocenters. The Labute approximate surface area is 98.6 Å². The van der Waals surface area contributed by atoms with Crippen LogP contribution in [0.5, 0.6) is 0 Å². The molecule has 0 saturated carbocycles. The number of amides is 2. The maximum absolute atomic E-state index is 11.9. The third kappa shape index (κ3) is 2.11. The van der Waals surface area contributed by atoms with Crippen molar-refractivity contribution in [1.82, 2.24) is 10.2 Å². The van der Waals surface area contributed by atoms with Gasteiger partial charge in [-0.2, -0.15) is 11.8 Å². The van der Waals surface area contributed by atoms with Gasteiger partial charge >= 0.3 is 12.0 Å². The molecule has 90 valence electrons. The lowest BCUT2D eigenvalue weighted by atomic mass is 10.00. The summed E-state index contributed by atoms with van der Waals surface area (Å²) in [7, 11) is 0. The fourth-order valence-corrected chi connectivity index (χ4v) is 3.42. The number of carboxylic acid groups (broad SMARTS) is 1. The van der Waals surface area contributed by atoms with Gasteiger partial charge in [0.05, 0.1) is 0 Å². The highest BCUT2D eigenvalue weighted by atomic mass is 32.2. The quantitative estimate of drug-likeness (QED) is 0.752. The number of urea groups is 1. The molecule has 5 nitrogen and oxygen atoms in total. The van der Waals surface area contributed by atoms with Crippen molar-refractivity contribution < 1.29 is 14.7 Å². The molecule has 0 aromatic heterocycles. The number of carbonyl (C=O) groups excluding carboxylic acids is 1. The first-order valence-electron chi connectivity index (χ1n) is 5.52. The topological polar surface area (TPSA) is 69.6 Å². The third-order valence-electron chi connectivity index (χ3n) is 3.17. The van der Waals surface area contributed by atoms with Gasteiger partial charge < -0.3 is 15.3 Å². The predicted molar refractivity (Wildman–Crippen MR) is 61.6 cm³/mol. The van der Waals surface area contributed by atoms with Crippen LogP contribution in [0.3, 0.4) is 0 Å². The minimum absolute atomic E-state index is 0.220. The maximum atomic E-state index is 11.9. The van der Waals surface area contributed by atoms with Crippen LogP contribution in [0.2, 0.25) is 0 Å². The molecule has 6 heteroatoms. The van der Waals surface area contributed by atoms with Crippen molar-refractivity contribution >= 4 is 23.8 Å². The zero-order valence-corrected chi connectivity index (χ0v) is 9.89. The molecule has 2 rings (SSSR count). The van der Waals surface area contributed by atoms with Crippen LogP contribution >= 0.6 is 11.8 Å². The van der Waals surface area contributed by atoms with E-state index < -0.39 is 11.5 Å². The zero-order chi connectivity index (χ0) is 11.6. The molecule has 0 radical (unpaired) electrons. The summed E-state index contributed by atoms with van der Waals surface area (Å²) >= 11 is 1.58. The Morgan fingerprint density at radius 2 is 2.00 bits per heavy atom. The lowest BCUT2D eigenvalue weighted by Gasteiger charge is -2.27. The number of rotatable bonds is 2. The Hall–Kier alpha value is -0.910. The Bertz CT molecular complexity index is 296. The van der Waals surface area contributed by atoms with E-state index in [1.165, 1.54) is 0 Å². The first-order valence-corrected chi connectivity index (χ1v) is 6.68. The molecule has 0 aliphatic carbocycles. The van der Waals surface area contributed by atoms with Crippen LogP contribution in [-0.4, -0.2) is 52.1 Å². The summed E-state index contributed by atoms with van der Waals surface area (Å²) in [6, 6.07) is -0.220. The lowest BCUT2D eigenvalue weighted by Crippen LogP contribution is -2.57. The second-order valence-corrected chi connectivity index (χ2v) is 5.42. The first-order chi connectivity index (χ1) is 7.64. The summed E-state index contributed by atoms with van der Waals surface area (Å²) in [5.74, 6) is 0.360. The summed E-state index contributed by atoms with van der Waals surface area (Å²) in [5.41, 5.74) is -1.04. The molecule has 16 heavy (non-hydrogen) atoms. The monoisotopic (exact) mass is 244 g/mol. The summed E-state index contributed by atoms with van der Waals surface area (Å²) in [6.07, 6.45) is 2.55. The van der Waals surface area contributed by atoms with Crippen molar-refractivity contribution in [2.75, 3.05) is 24.6 Å². The van der Waals surface area contributed by atoms with E-state index in [0.717, 1.165) is 31.7 Å². The second-order valence-electron chi connectivity index (χ2n) is 4.31. The number of hydrogen-bond acceptors (Lipinski definition) is 3. The maximum Gasteiger partial charge on any atom is 0.330 e. The van der Waals surface area contributed by atoms with Gasteiger partial charge in [-0.1, -0.05) is 0 Å². The summed E-state index contributed by atoms with van der Waals surface area (Å²) in [5, 5.41) is 11.9. The molecular formula is C10H16N2O3S. The van der Waals surface area contributed by atoms with Gasteiger partial charge in [-0.15, -0.1) is 0 Å². The van der Waals surface area contributed by atoms with Gasteiger partial charge in [0.25, 0.3) is 0 Å². The van der Waals surface area contributed by atoms with E-state index in [0.29, 0.717) is 12.2 Å². The number of likely N-dealkylation sites (tertiary alicyclic amines) is 1. The number of carboxylic acids is 1. The van der Waals surface area contributed by atoms with Gasteiger partial charge in [0.1, 0.15) is 5.54 Å². The number of thioether (sulfide) groups is 1. The number of aliphatic carboxylic acids is 1. The minimum Gasteiger partial charge on any atom is -0.479 e. The van der Waals surface area contributed by atoms with E-state index in [1.807, 2.05) is 0 Å². The molecule has 0 aromatic carbocycles. The molecule has 0 aromatic rings. The van der Waals surface area contributed by atoms with Gasteiger partial charge in [-0.25, -0.2) is 9.59 Å². The number of carbonyl (C=O) groups is 2. The van der Waals surface area contributed by atoms with Crippen LogP contribution < -0.4 is 5.32 Å². The van der Waals surface area contributed by atoms with Crippen molar-refractivity contribution in [2.45, 2.75) is 24.8 Å². The molecule has 2 aliphatic heterocycles. The van der Waals surface area contributed by atoms with Crippen molar-refractivity contribution in [3.05, 3.63) is 0 Å². The number of nitrogens with zero attached hydrogens (tertiary/aromatic N) is 1. The van der Waals surface area contributed by atoms with Crippen LogP contribution in [0.1, 0.15) is 19.3 Å². The Balaban J connectivity index is 2.00. The molecule has 2 amide bonds. The third-order valence-corrected chi connectivity index (χ3v) is 4.36. The van der Waals surface area contributed by atoms with E-state index in [-0.39, 0.29) is 6.03 Å². The summed E-state index contributed by atoms with van der Waals surface area (Å²) in [4.78, 5) is 24.8. The SMILES string of the molecule is O=C(NC1(C(=O)O)CCSC1)N1CCCC1.